The first-order valence-corrected chi connectivity index (χ1v) is 7.71. The highest BCUT2D eigenvalue weighted by atomic mass is 16.5. The van der Waals surface area contributed by atoms with Crippen molar-refractivity contribution in [1.29, 1.82) is 0 Å². The molecule has 2 rings (SSSR count). The van der Waals surface area contributed by atoms with E-state index in [1.54, 1.807) is 0 Å². The molecule has 0 aliphatic carbocycles. The van der Waals surface area contributed by atoms with Gasteiger partial charge in [0, 0.05) is 31.4 Å². The van der Waals surface area contributed by atoms with Crippen molar-refractivity contribution in [1.82, 2.24) is 15.2 Å². The van der Waals surface area contributed by atoms with Crippen LogP contribution in [0.25, 0.3) is 0 Å². The summed E-state index contributed by atoms with van der Waals surface area (Å²) in [7, 11) is 4.14. The van der Waals surface area contributed by atoms with Crippen LogP contribution in [0, 0.1) is 0 Å². The molecule has 1 aromatic rings. The number of aromatic nitrogens is 1. The predicted octanol–water partition coefficient (Wildman–Crippen LogP) is 2.23. The van der Waals surface area contributed by atoms with E-state index in [-0.39, 0.29) is 0 Å². The lowest BCUT2D eigenvalue weighted by atomic mass is 10.1. The molecule has 0 atom stereocenters. The fourth-order valence-electron chi connectivity index (χ4n) is 2.64. The first-order chi connectivity index (χ1) is 9.71. The van der Waals surface area contributed by atoms with Crippen LogP contribution in [0.4, 0.5) is 0 Å². The van der Waals surface area contributed by atoms with E-state index in [2.05, 4.69) is 41.3 Å². The van der Waals surface area contributed by atoms with Gasteiger partial charge in [-0.2, -0.15) is 0 Å². The monoisotopic (exact) mass is 277 g/mol. The minimum absolute atomic E-state index is 0.318. The second-order valence-electron chi connectivity index (χ2n) is 5.71. The molecule has 1 aliphatic rings. The minimum Gasteiger partial charge on any atom is -0.474 e. The smallest absolute Gasteiger partial charge is 0.214 e. The van der Waals surface area contributed by atoms with Crippen LogP contribution in [-0.4, -0.2) is 43.2 Å². The Morgan fingerprint density at radius 1 is 1.35 bits per heavy atom. The molecule has 0 unspecified atom stereocenters. The molecule has 0 bridgehead atoms. The van der Waals surface area contributed by atoms with E-state index in [1.807, 2.05) is 7.05 Å². The molecule has 0 spiro atoms. The lowest BCUT2D eigenvalue weighted by molar-refractivity contribution is 0.109. The zero-order valence-corrected chi connectivity index (χ0v) is 13.0. The summed E-state index contributed by atoms with van der Waals surface area (Å²) in [5, 5.41) is 3.20. The molecule has 4 heteroatoms. The molecular weight excluding hydrogens is 250 g/mol. The molecule has 1 aliphatic heterocycles. The fraction of sp³-hybridized carbons (Fsp3) is 0.688. The van der Waals surface area contributed by atoms with Gasteiger partial charge in [0.05, 0.1) is 0 Å². The van der Waals surface area contributed by atoms with E-state index in [0.717, 1.165) is 56.9 Å². The SMILES string of the molecule is CCCc1cc(CNC)cc(OC2CCN(C)CC2)n1. The number of nitrogens with zero attached hydrogens (tertiary/aromatic N) is 2. The quantitative estimate of drug-likeness (QED) is 0.865. The van der Waals surface area contributed by atoms with Crippen LogP contribution in [0.2, 0.25) is 0 Å². The normalized spacial score (nSPS) is 17.4. The van der Waals surface area contributed by atoms with Gasteiger partial charge >= 0.3 is 0 Å². The number of rotatable bonds is 6. The zero-order chi connectivity index (χ0) is 14.4. The molecular formula is C16H27N3O. The number of pyridine rings is 1. The number of aryl methyl sites for hydroxylation is 1. The van der Waals surface area contributed by atoms with Crippen molar-refractivity contribution in [3.05, 3.63) is 23.4 Å². The Hall–Kier alpha value is -1.13. The van der Waals surface area contributed by atoms with Gasteiger partial charge in [-0.05, 0) is 45.0 Å². The van der Waals surface area contributed by atoms with Crippen LogP contribution >= 0.6 is 0 Å². The summed E-state index contributed by atoms with van der Waals surface area (Å²) in [5.41, 5.74) is 2.40. The number of nitrogens with one attached hydrogen (secondary N) is 1. The topological polar surface area (TPSA) is 37.4 Å². The third-order valence-electron chi connectivity index (χ3n) is 3.75. The van der Waals surface area contributed by atoms with Gasteiger partial charge in [-0.1, -0.05) is 13.3 Å². The van der Waals surface area contributed by atoms with Crippen molar-refractivity contribution < 1.29 is 4.74 Å². The Morgan fingerprint density at radius 3 is 2.75 bits per heavy atom. The van der Waals surface area contributed by atoms with Crippen LogP contribution in [0.1, 0.15) is 37.4 Å². The summed E-state index contributed by atoms with van der Waals surface area (Å²) in [6.45, 7) is 5.28. The highest BCUT2D eigenvalue weighted by Crippen LogP contribution is 2.19. The van der Waals surface area contributed by atoms with Gasteiger partial charge in [-0.15, -0.1) is 0 Å². The van der Waals surface area contributed by atoms with Crippen LogP contribution in [0.5, 0.6) is 5.88 Å². The lowest BCUT2D eigenvalue weighted by Crippen LogP contribution is -2.35. The average Bonchev–Trinajstić information content (AvgIpc) is 2.42. The highest BCUT2D eigenvalue weighted by molar-refractivity contribution is 5.25. The molecule has 0 saturated carbocycles. The first kappa shape index (κ1) is 15.3. The van der Waals surface area contributed by atoms with E-state index < -0.39 is 0 Å². The van der Waals surface area contributed by atoms with Gasteiger partial charge in [0.25, 0.3) is 0 Å². The maximum absolute atomic E-state index is 6.11. The number of piperidine rings is 1. The maximum Gasteiger partial charge on any atom is 0.214 e. The molecule has 0 aromatic carbocycles. The zero-order valence-electron chi connectivity index (χ0n) is 13.0. The van der Waals surface area contributed by atoms with Crippen LogP contribution in [-0.2, 0) is 13.0 Å². The van der Waals surface area contributed by atoms with E-state index in [1.165, 1.54) is 5.56 Å². The Morgan fingerprint density at radius 2 is 2.10 bits per heavy atom. The van der Waals surface area contributed by atoms with E-state index in [9.17, 15) is 0 Å². The second-order valence-corrected chi connectivity index (χ2v) is 5.71. The molecule has 1 N–H and O–H groups in total. The third kappa shape index (κ3) is 4.46. The van der Waals surface area contributed by atoms with Gasteiger partial charge in [-0.25, -0.2) is 4.98 Å². The van der Waals surface area contributed by atoms with Gasteiger partial charge in [0.15, 0.2) is 0 Å². The number of ether oxygens (including phenoxy) is 1. The lowest BCUT2D eigenvalue weighted by Gasteiger charge is -2.29. The van der Waals surface area contributed by atoms with E-state index >= 15 is 0 Å². The molecule has 20 heavy (non-hydrogen) atoms. The number of hydrogen-bond acceptors (Lipinski definition) is 4. The summed E-state index contributed by atoms with van der Waals surface area (Å²) < 4.78 is 6.11. The summed E-state index contributed by atoms with van der Waals surface area (Å²) in [6, 6.07) is 4.26. The van der Waals surface area contributed by atoms with Crippen molar-refractivity contribution in [3.63, 3.8) is 0 Å². The Balaban J connectivity index is 2.05. The average molecular weight is 277 g/mol. The molecule has 0 amide bonds. The molecule has 2 heterocycles. The Labute approximate surface area is 122 Å². The summed E-state index contributed by atoms with van der Waals surface area (Å²) in [6.07, 6.45) is 4.64. The van der Waals surface area contributed by atoms with E-state index in [0.29, 0.717) is 6.10 Å². The molecule has 1 saturated heterocycles. The van der Waals surface area contributed by atoms with Gasteiger partial charge in [0.2, 0.25) is 5.88 Å². The van der Waals surface area contributed by atoms with Gasteiger partial charge in [-0.3, -0.25) is 0 Å². The van der Waals surface area contributed by atoms with Crippen molar-refractivity contribution in [2.75, 3.05) is 27.2 Å². The van der Waals surface area contributed by atoms with E-state index in [4.69, 9.17) is 4.74 Å². The molecule has 112 valence electrons. The molecule has 4 nitrogen and oxygen atoms in total. The third-order valence-corrected chi connectivity index (χ3v) is 3.75. The maximum atomic E-state index is 6.11. The number of hydrogen-bond donors (Lipinski definition) is 1. The standard InChI is InChI=1S/C16H27N3O/c1-4-5-14-10-13(12-17-2)11-16(18-14)20-15-6-8-19(3)9-7-15/h10-11,15,17H,4-9,12H2,1-3H3. The van der Waals surface area contributed by atoms with Crippen LogP contribution in [0.3, 0.4) is 0 Å². The molecule has 1 fully saturated rings. The predicted molar refractivity (Wildman–Crippen MR) is 82.1 cm³/mol. The van der Waals surface area contributed by atoms with Crippen molar-refractivity contribution in [2.24, 2.45) is 0 Å². The van der Waals surface area contributed by atoms with Crippen molar-refractivity contribution in [2.45, 2.75) is 45.3 Å². The molecule has 0 radical (unpaired) electrons. The number of likely N-dealkylation sites (tertiary alicyclic amines) is 1. The first-order valence-electron chi connectivity index (χ1n) is 7.71. The van der Waals surface area contributed by atoms with Gasteiger partial charge in [0.1, 0.15) is 6.10 Å². The fourth-order valence-corrected chi connectivity index (χ4v) is 2.64. The highest BCUT2D eigenvalue weighted by Gasteiger charge is 2.18. The largest absolute Gasteiger partial charge is 0.474 e. The van der Waals surface area contributed by atoms with Crippen molar-refractivity contribution in [3.8, 4) is 5.88 Å². The molecule has 1 aromatic heterocycles. The summed E-state index contributed by atoms with van der Waals surface area (Å²) in [5.74, 6) is 0.802. The Bertz CT molecular complexity index is 390. The van der Waals surface area contributed by atoms with Crippen LogP contribution < -0.4 is 10.1 Å². The van der Waals surface area contributed by atoms with Crippen LogP contribution in [0.15, 0.2) is 12.1 Å². The second kappa shape index (κ2) is 7.60. The van der Waals surface area contributed by atoms with Crippen molar-refractivity contribution >= 4 is 0 Å². The summed E-state index contributed by atoms with van der Waals surface area (Å²) in [4.78, 5) is 7.01. The summed E-state index contributed by atoms with van der Waals surface area (Å²) >= 11 is 0. The minimum atomic E-state index is 0.318. The Kier molecular flexibility index (Phi) is 5.80. The van der Waals surface area contributed by atoms with Gasteiger partial charge < -0.3 is 15.0 Å².